The largest absolute Gasteiger partial charge is 0.466 e. The third-order valence-corrected chi connectivity index (χ3v) is 3.07. The Balaban J connectivity index is 1.98. The second-order valence-electron chi connectivity index (χ2n) is 3.45. The molecule has 0 aromatic carbocycles. The predicted octanol–water partition coefficient (Wildman–Crippen LogP) is 0.561. The number of anilines is 1. The number of aromatic nitrogens is 2. The minimum absolute atomic E-state index is 0.0511. The van der Waals surface area contributed by atoms with Crippen LogP contribution >= 0.6 is 23.3 Å². The van der Waals surface area contributed by atoms with E-state index in [-0.39, 0.29) is 18.3 Å². The van der Waals surface area contributed by atoms with Gasteiger partial charge in [-0.05, 0) is 0 Å². The molecule has 0 bridgehead atoms. The van der Waals surface area contributed by atoms with E-state index >= 15 is 0 Å². The number of hydrogen-bond acceptors (Lipinski definition) is 7. The SMILES string of the molecule is O=C(CCl)COc1nsnc1N1CCOCC1. The molecule has 8 heteroatoms. The van der Waals surface area contributed by atoms with Gasteiger partial charge in [0.2, 0.25) is 5.82 Å². The van der Waals surface area contributed by atoms with Crippen molar-refractivity contribution >= 4 is 34.9 Å². The number of ketones is 1. The van der Waals surface area contributed by atoms with Crippen molar-refractivity contribution in [2.24, 2.45) is 0 Å². The lowest BCUT2D eigenvalue weighted by Gasteiger charge is -2.26. The van der Waals surface area contributed by atoms with Crippen LogP contribution < -0.4 is 9.64 Å². The Morgan fingerprint density at radius 2 is 2.24 bits per heavy atom. The number of carbonyl (C=O) groups excluding carboxylic acids is 1. The number of carbonyl (C=O) groups is 1. The molecule has 1 aromatic rings. The average molecular weight is 278 g/mol. The summed E-state index contributed by atoms with van der Waals surface area (Å²) in [7, 11) is 0. The summed E-state index contributed by atoms with van der Waals surface area (Å²) in [5.74, 6) is 0.855. The van der Waals surface area contributed by atoms with E-state index in [1.165, 1.54) is 0 Å². The van der Waals surface area contributed by atoms with E-state index in [1.807, 2.05) is 4.90 Å². The van der Waals surface area contributed by atoms with Gasteiger partial charge in [0, 0.05) is 13.1 Å². The molecule has 17 heavy (non-hydrogen) atoms. The maximum Gasteiger partial charge on any atom is 0.271 e. The number of alkyl halides is 1. The van der Waals surface area contributed by atoms with E-state index in [9.17, 15) is 4.79 Å². The lowest BCUT2D eigenvalue weighted by atomic mass is 10.4. The first-order valence-electron chi connectivity index (χ1n) is 5.17. The predicted molar refractivity (Wildman–Crippen MR) is 64.2 cm³/mol. The van der Waals surface area contributed by atoms with Gasteiger partial charge in [-0.1, -0.05) is 0 Å². The van der Waals surface area contributed by atoms with Crippen LogP contribution in [0.5, 0.6) is 5.88 Å². The normalized spacial score (nSPS) is 15.9. The number of ether oxygens (including phenoxy) is 2. The van der Waals surface area contributed by atoms with E-state index in [1.54, 1.807) is 0 Å². The molecule has 2 heterocycles. The van der Waals surface area contributed by atoms with E-state index in [0.717, 1.165) is 24.8 Å². The highest BCUT2D eigenvalue weighted by atomic mass is 35.5. The molecule has 6 nitrogen and oxygen atoms in total. The molecule has 0 N–H and O–H groups in total. The Morgan fingerprint density at radius 1 is 1.47 bits per heavy atom. The first kappa shape index (κ1) is 12.5. The van der Waals surface area contributed by atoms with Crippen molar-refractivity contribution in [1.29, 1.82) is 0 Å². The first-order valence-corrected chi connectivity index (χ1v) is 6.43. The zero-order valence-electron chi connectivity index (χ0n) is 9.10. The van der Waals surface area contributed by atoms with Crippen molar-refractivity contribution in [3.05, 3.63) is 0 Å². The third kappa shape index (κ3) is 3.27. The van der Waals surface area contributed by atoms with Crippen molar-refractivity contribution < 1.29 is 14.3 Å². The van der Waals surface area contributed by atoms with E-state index in [4.69, 9.17) is 21.1 Å². The molecule has 0 spiro atoms. The second kappa shape index (κ2) is 6.13. The molecule has 2 rings (SSSR count). The Hall–Kier alpha value is -0.920. The fourth-order valence-electron chi connectivity index (χ4n) is 1.42. The first-order chi connectivity index (χ1) is 8.31. The zero-order chi connectivity index (χ0) is 12.1. The highest BCUT2D eigenvalue weighted by Crippen LogP contribution is 2.26. The standard InChI is InChI=1S/C9H12ClN3O3S/c10-5-7(14)6-16-9-8(11-17-12-9)13-1-3-15-4-2-13/h1-6H2. The number of nitrogens with zero attached hydrogens (tertiary/aromatic N) is 3. The smallest absolute Gasteiger partial charge is 0.271 e. The van der Waals surface area contributed by atoms with Crippen LogP contribution in [-0.4, -0.2) is 53.3 Å². The number of halogens is 1. The molecule has 94 valence electrons. The van der Waals surface area contributed by atoms with Gasteiger partial charge in [0.25, 0.3) is 5.88 Å². The van der Waals surface area contributed by atoms with E-state index in [0.29, 0.717) is 24.9 Å². The molecule has 0 aliphatic carbocycles. The summed E-state index contributed by atoms with van der Waals surface area (Å²) in [4.78, 5) is 13.1. The molecule has 1 aromatic heterocycles. The summed E-state index contributed by atoms with van der Waals surface area (Å²) in [6.07, 6.45) is 0. The molecule has 1 saturated heterocycles. The van der Waals surface area contributed by atoms with Gasteiger partial charge in [-0.3, -0.25) is 4.79 Å². The lowest BCUT2D eigenvalue weighted by molar-refractivity contribution is -0.118. The summed E-state index contributed by atoms with van der Waals surface area (Å²) in [5, 5.41) is 0. The van der Waals surface area contributed by atoms with Gasteiger partial charge in [0.05, 0.1) is 30.8 Å². The van der Waals surface area contributed by atoms with Crippen LogP contribution in [0.3, 0.4) is 0 Å². The van der Waals surface area contributed by atoms with Crippen LogP contribution in [0.25, 0.3) is 0 Å². The molecular weight excluding hydrogens is 266 g/mol. The van der Waals surface area contributed by atoms with Crippen molar-refractivity contribution in [2.45, 2.75) is 0 Å². The number of Topliss-reactive ketones (excluding diaryl/α,β-unsaturated/α-hetero) is 1. The Morgan fingerprint density at radius 3 is 2.94 bits per heavy atom. The molecule has 1 fully saturated rings. The zero-order valence-corrected chi connectivity index (χ0v) is 10.7. The van der Waals surface area contributed by atoms with Crippen LogP contribution in [-0.2, 0) is 9.53 Å². The van der Waals surface area contributed by atoms with Crippen molar-refractivity contribution in [2.75, 3.05) is 43.7 Å². The summed E-state index contributed by atoms with van der Waals surface area (Å²) in [5.41, 5.74) is 0. The Kier molecular flexibility index (Phi) is 4.52. The highest BCUT2D eigenvalue weighted by molar-refractivity contribution is 6.99. The van der Waals surface area contributed by atoms with Crippen molar-refractivity contribution in [3.63, 3.8) is 0 Å². The van der Waals surface area contributed by atoms with Gasteiger partial charge >= 0.3 is 0 Å². The van der Waals surface area contributed by atoms with Gasteiger partial charge in [-0.25, -0.2) is 0 Å². The molecule has 0 atom stereocenters. The van der Waals surface area contributed by atoms with Crippen molar-refractivity contribution in [1.82, 2.24) is 8.75 Å². The molecule has 1 aliphatic rings. The molecule has 1 aliphatic heterocycles. The molecule has 0 radical (unpaired) electrons. The second-order valence-corrected chi connectivity index (χ2v) is 4.25. The topological polar surface area (TPSA) is 64.5 Å². The number of rotatable bonds is 5. The number of hydrogen-bond donors (Lipinski definition) is 0. The van der Waals surface area contributed by atoms with Gasteiger partial charge in [0.15, 0.2) is 5.78 Å². The third-order valence-electron chi connectivity index (χ3n) is 2.27. The number of morpholine rings is 1. The highest BCUT2D eigenvalue weighted by Gasteiger charge is 2.20. The maximum atomic E-state index is 11.1. The summed E-state index contributed by atoms with van der Waals surface area (Å²) >= 11 is 6.46. The van der Waals surface area contributed by atoms with Gasteiger partial charge in [-0.2, -0.15) is 4.37 Å². The Labute approximate surface area is 108 Å². The van der Waals surface area contributed by atoms with Gasteiger partial charge in [-0.15, -0.1) is 16.0 Å². The van der Waals surface area contributed by atoms with E-state index in [2.05, 4.69) is 8.75 Å². The molecule has 0 unspecified atom stereocenters. The minimum atomic E-state index is -0.174. The van der Waals surface area contributed by atoms with Gasteiger partial charge in [0.1, 0.15) is 6.61 Å². The van der Waals surface area contributed by atoms with Crippen LogP contribution in [0.4, 0.5) is 5.82 Å². The summed E-state index contributed by atoms with van der Waals surface area (Å²) in [6.45, 7) is 2.78. The van der Waals surface area contributed by atoms with E-state index < -0.39 is 0 Å². The van der Waals surface area contributed by atoms with Crippen LogP contribution in [0.1, 0.15) is 0 Å². The molecule has 0 amide bonds. The van der Waals surface area contributed by atoms with Crippen molar-refractivity contribution in [3.8, 4) is 5.88 Å². The maximum absolute atomic E-state index is 11.1. The van der Waals surface area contributed by atoms with Gasteiger partial charge < -0.3 is 14.4 Å². The summed E-state index contributed by atoms with van der Waals surface area (Å²) in [6, 6.07) is 0. The molecular formula is C9H12ClN3O3S. The molecule has 0 saturated carbocycles. The monoisotopic (exact) mass is 277 g/mol. The Bertz CT molecular complexity index is 381. The quantitative estimate of drug-likeness (QED) is 0.733. The van der Waals surface area contributed by atoms with Crippen LogP contribution in [0, 0.1) is 0 Å². The summed E-state index contributed by atoms with van der Waals surface area (Å²) < 4.78 is 18.8. The average Bonchev–Trinajstić information content (AvgIpc) is 2.85. The lowest BCUT2D eigenvalue weighted by Crippen LogP contribution is -2.36. The fraction of sp³-hybridized carbons (Fsp3) is 0.667. The fourth-order valence-corrected chi connectivity index (χ4v) is 2.02. The van der Waals surface area contributed by atoms with Crippen LogP contribution in [0.15, 0.2) is 0 Å². The minimum Gasteiger partial charge on any atom is -0.466 e. The van der Waals surface area contributed by atoms with Crippen LogP contribution in [0.2, 0.25) is 0 Å².